The first-order chi connectivity index (χ1) is 17.9. The fourth-order valence-corrected chi connectivity index (χ4v) is 4.92. The minimum atomic E-state index is -1.04. The summed E-state index contributed by atoms with van der Waals surface area (Å²) in [4.78, 5) is 40.9. The maximum Gasteiger partial charge on any atom is 0.407 e. The number of rotatable bonds is 8. The molecule has 3 amide bonds. The van der Waals surface area contributed by atoms with Crippen LogP contribution in [-0.4, -0.2) is 55.5 Å². The number of benzene rings is 2. The molecule has 4 rings (SSSR count). The van der Waals surface area contributed by atoms with E-state index in [0.29, 0.717) is 14.9 Å². The van der Waals surface area contributed by atoms with Crippen molar-refractivity contribution in [2.45, 2.75) is 25.5 Å². The van der Waals surface area contributed by atoms with Gasteiger partial charge in [0.05, 0.1) is 15.8 Å². The Hall–Kier alpha value is -3.40. The van der Waals surface area contributed by atoms with Crippen LogP contribution in [0.15, 0.2) is 60.7 Å². The number of ether oxygens (including phenoxy) is 1. The number of carbonyl (C=O) groups excluding carboxylic acids is 3. The molecule has 1 aliphatic heterocycles. The molecule has 1 atom stereocenters. The van der Waals surface area contributed by atoms with Gasteiger partial charge in [-0.05, 0) is 60.8 Å². The number of nitrogens with one attached hydrogen (secondary N) is 3. The average Bonchev–Trinajstić information content (AvgIpc) is 3.25. The van der Waals surface area contributed by atoms with Gasteiger partial charge in [0.25, 0.3) is 5.91 Å². The standard InChI is InChI=1S/C27H29ClN4O4S/c1-32-13-11-19-7-8-21(15-20(19)12-14-32)30-25(33)22(31-26(34)23-9-10-24(28)37-23)16-29-27(35)36-17-18-5-3-2-4-6-18/h2-10,15,22H,11-14,16-17H2,1H3,(H,29,35)(H,30,33)(H,31,34)/t22-/m1/s1. The van der Waals surface area contributed by atoms with Crippen molar-refractivity contribution in [3.63, 3.8) is 0 Å². The lowest BCUT2D eigenvalue weighted by molar-refractivity contribution is -0.117. The third kappa shape index (κ3) is 7.79. The number of halogens is 1. The van der Waals surface area contributed by atoms with Gasteiger partial charge in [0.2, 0.25) is 5.91 Å². The average molecular weight is 541 g/mol. The van der Waals surface area contributed by atoms with Crippen LogP contribution in [0.25, 0.3) is 0 Å². The van der Waals surface area contributed by atoms with Gasteiger partial charge in [-0.25, -0.2) is 4.79 Å². The number of alkyl carbamates (subject to hydrolysis) is 1. The lowest BCUT2D eigenvalue weighted by Crippen LogP contribution is -2.50. The van der Waals surface area contributed by atoms with E-state index in [2.05, 4.69) is 27.9 Å². The zero-order valence-electron chi connectivity index (χ0n) is 20.5. The van der Waals surface area contributed by atoms with E-state index in [1.165, 1.54) is 11.1 Å². The van der Waals surface area contributed by atoms with Gasteiger partial charge in [-0.15, -0.1) is 11.3 Å². The molecule has 0 saturated heterocycles. The molecule has 1 aromatic heterocycles. The minimum Gasteiger partial charge on any atom is -0.445 e. The van der Waals surface area contributed by atoms with Crippen molar-refractivity contribution in [2.75, 3.05) is 32.0 Å². The van der Waals surface area contributed by atoms with Crippen LogP contribution < -0.4 is 16.0 Å². The molecule has 37 heavy (non-hydrogen) atoms. The largest absolute Gasteiger partial charge is 0.445 e. The molecule has 0 fully saturated rings. The molecule has 10 heteroatoms. The molecule has 1 aliphatic rings. The number of fused-ring (bicyclic) bond motifs is 1. The van der Waals surface area contributed by atoms with E-state index in [4.69, 9.17) is 16.3 Å². The van der Waals surface area contributed by atoms with Crippen molar-refractivity contribution in [3.8, 4) is 0 Å². The summed E-state index contributed by atoms with van der Waals surface area (Å²) in [5.74, 6) is -0.911. The van der Waals surface area contributed by atoms with E-state index in [1.807, 2.05) is 48.5 Å². The Kier molecular flexibility index (Phi) is 9.16. The van der Waals surface area contributed by atoms with E-state index in [9.17, 15) is 14.4 Å². The lowest BCUT2D eigenvalue weighted by Gasteiger charge is -2.19. The van der Waals surface area contributed by atoms with E-state index >= 15 is 0 Å². The van der Waals surface area contributed by atoms with Crippen LogP contribution >= 0.6 is 22.9 Å². The van der Waals surface area contributed by atoms with Crippen LogP contribution in [0.5, 0.6) is 0 Å². The van der Waals surface area contributed by atoms with Crippen molar-refractivity contribution >= 4 is 46.5 Å². The molecule has 0 aliphatic carbocycles. The predicted molar refractivity (Wildman–Crippen MR) is 145 cm³/mol. The number of anilines is 1. The highest BCUT2D eigenvalue weighted by molar-refractivity contribution is 7.18. The van der Waals surface area contributed by atoms with Gasteiger partial charge in [0, 0.05) is 18.8 Å². The van der Waals surface area contributed by atoms with Gasteiger partial charge in [0.15, 0.2) is 0 Å². The number of nitrogens with zero attached hydrogens (tertiary/aromatic N) is 1. The SMILES string of the molecule is CN1CCc2ccc(NC(=O)[C@@H](CNC(=O)OCc3ccccc3)NC(=O)c3ccc(Cl)s3)cc2CC1. The Morgan fingerprint density at radius 1 is 1.03 bits per heavy atom. The van der Waals surface area contributed by atoms with Crippen LogP contribution in [0.4, 0.5) is 10.5 Å². The fraction of sp³-hybridized carbons (Fsp3) is 0.296. The number of amides is 3. The second-order valence-corrected chi connectivity index (χ2v) is 10.6. The molecule has 0 radical (unpaired) electrons. The van der Waals surface area contributed by atoms with Crippen LogP contribution in [-0.2, 0) is 29.0 Å². The molecule has 0 saturated carbocycles. The summed E-state index contributed by atoms with van der Waals surface area (Å²) >= 11 is 7.07. The third-order valence-corrected chi connectivity index (χ3v) is 7.31. The van der Waals surface area contributed by atoms with Crippen LogP contribution in [0.2, 0.25) is 4.34 Å². The highest BCUT2D eigenvalue weighted by Gasteiger charge is 2.24. The van der Waals surface area contributed by atoms with Crippen molar-refractivity contribution in [3.05, 3.63) is 86.6 Å². The summed E-state index contributed by atoms with van der Waals surface area (Å²) in [6.07, 6.45) is 1.16. The summed E-state index contributed by atoms with van der Waals surface area (Å²) in [5.41, 5.74) is 3.94. The Morgan fingerprint density at radius 3 is 2.51 bits per heavy atom. The Labute approximate surface area is 225 Å². The summed E-state index contributed by atoms with van der Waals surface area (Å²) in [6.45, 7) is 1.88. The number of thiophene rings is 1. The molecule has 2 aromatic carbocycles. The van der Waals surface area contributed by atoms with Gasteiger partial charge in [-0.2, -0.15) is 0 Å². The smallest absolute Gasteiger partial charge is 0.407 e. The first-order valence-corrected chi connectivity index (χ1v) is 13.2. The second-order valence-electron chi connectivity index (χ2n) is 8.85. The number of likely N-dealkylation sites (N-methyl/N-ethyl adjacent to an activating group) is 1. The lowest BCUT2D eigenvalue weighted by atomic mass is 10.0. The fourth-order valence-electron chi connectivity index (χ4n) is 3.98. The molecular formula is C27H29ClN4O4S. The van der Waals surface area contributed by atoms with Crippen molar-refractivity contribution in [1.29, 1.82) is 0 Å². The quantitative estimate of drug-likeness (QED) is 0.399. The summed E-state index contributed by atoms with van der Waals surface area (Å²) in [7, 11) is 2.10. The first-order valence-electron chi connectivity index (χ1n) is 12.0. The van der Waals surface area contributed by atoms with Crippen molar-refractivity contribution in [1.82, 2.24) is 15.5 Å². The third-order valence-electron chi connectivity index (χ3n) is 6.08. The molecule has 194 valence electrons. The maximum absolute atomic E-state index is 13.2. The van der Waals surface area contributed by atoms with E-state index < -0.39 is 23.9 Å². The number of hydrogen-bond acceptors (Lipinski definition) is 6. The van der Waals surface area contributed by atoms with Gasteiger partial charge >= 0.3 is 6.09 Å². The second kappa shape index (κ2) is 12.7. The predicted octanol–water partition coefficient (Wildman–Crippen LogP) is 4.10. The molecule has 3 aromatic rings. The van der Waals surface area contributed by atoms with Gasteiger partial charge in [-0.3, -0.25) is 9.59 Å². The molecule has 0 spiro atoms. The number of hydrogen-bond donors (Lipinski definition) is 3. The topological polar surface area (TPSA) is 99.8 Å². The first kappa shape index (κ1) is 26.7. The Balaban J connectivity index is 1.41. The molecule has 2 heterocycles. The summed E-state index contributed by atoms with van der Waals surface area (Å²) in [5, 5.41) is 8.16. The van der Waals surface area contributed by atoms with Gasteiger partial charge < -0.3 is 25.6 Å². The Morgan fingerprint density at radius 2 is 1.78 bits per heavy atom. The molecule has 0 unspecified atom stereocenters. The summed E-state index contributed by atoms with van der Waals surface area (Å²) in [6, 6.07) is 17.3. The highest BCUT2D eigenvalue weighted by Crippen LogP contribution is 2.22. The molecule has 0 bridgehead atoms. The van der Waals surface area contributed by atoms with Crippen LogP contribution in [0.1, 0.15) is 26.4 Å². The van der Waals surface area contributed by atoms with E-state index in [0.717, 1.165) is 42.8 Å². The minimum absolute atomic E-state index is 0.0912. The van der Waals surface area contributed by atoms with Gasteiger partial charge in [0.1, 0.15) is 12.6 Å². The van der Waals surface area contributed by atoms with Crippen LogP contribution in [0.3, 0.4) is 0 Å². The zero-order valence-corrected chi connectivity index (χ0v) is 22.0. The van der Waals surface area contributed by atoms with Crippen molar-refractivity contribution in [2.24, 2.45) is 0 Å². The number of carbonyl (C=O) groups is 3. The molecular weight excluding hydrogens is 512 g/mol. The highest BCUT2D eigenvalue weighted by atomic mass is 35.5. The zero-order chi connectivity index (χ0) is 26.2. The van der Waals surface area contributed by atoms with Crippen LogP contribution in [0, 0.1) is 0 Å². The molecule has 3 N–H and O–H groups in total. The normalized spacial score (nSPS) is 14.1. The monoisotopic (exact) mass is 540 g/mol. The Bertz CT molecular complexity index is 1250. The van der Waals surface area contributed by atoms with E-state index in [1.54, 1.807) is 12.1 Å². The van der Waals surface area contributed by atoms with Gasteiger partial charge in [-0.1, -0.05) is 48.0 Å². The van der Waals surface area contributed by atoms with E-state index in [-0.39, 0.29) is 13.2 Å². The molecule has 8 nitrogen and oxygen atoms in total. The summed E-state index contributed by atoms with van der Waals surface area (Å²) < 4.78 is 5.70. The van der Waals surface area contributed by atoms with Crippen molar-refractivity contribution < 1.29 is 19.1 Å². The maximum atomic E-state index is 13.2.